The van der Waals surface area contributed by atoms with E-state index < -0.39 is 0 Å². The normalized spacial score (nSPS) is 10.3. The number of ketones is 1. The number of carbonyl (C=O) groups is 1. The lowest BCUT2D eigenvalue weighted by Crippen LogP contribution is -1.98. The predicted octanol–water partition coefficient (Wildman–Crippen LogP) is 4.04. The van der Waals surface area contributed by atoms with Crippen molar-refractivity contribution < 1.29 is 4.79 Å². The van der Waals surface area contributed by atoms with Crippen molar-refractivity contribution in [3.8, 4) is 11.1 Å². The Morgan fingerprint density at radius 2 is 1.58 bits per heavy atom. The second-order valence-electron chi connectivity index (χ2n) is 4.14. The minimum absolute atomic E-state index is 0.0297. The Balaban J connectivity index is 1.90. The third-order valence-electron chi connectivity index (χ3n) is 2.91. The van der Waals surface area contributed by atoms with Gasteiger partial charge in [-0.1, -0.05) is 54.6 Å². The van der Waals surface area contributed by atoms with Gasteiger partial charge < -0.3 is 0 Å². The minimum Gasteiger partial charge on any atom is -0.288 e. The Bertz CT molecular complexity index is 673. The van der Waals surface area contributed by atoms with Crippen molar-refractivity contribution in [3.05, 3.63) is 76.7 Å². The Morgan fingerprint density at radius 3 is 2.21 bits per heavy atom. The van der Waals surface area contributed by atoms with Gasteiger partial charge in [0.05, 0.1) is 10.4 Å². The van der Waals surface area contributed by atoms with Gasteiger partial charge in [0.1, 0.15) is 0 Å². The average molecular weight is 265 g/mol. The highest BCUT2D eigenvalue weighted by atomic mass is 32.1. The van der Waals surface area contributed by atoms with E-state index in [0.717, 1.165) is 11.1 Å². The summed E-state index contributed by atoms with van der Waals surface area (Å²) in [6.07, 6.45) is 1.61. The van der Waals surface area contributed by atoms with Crippen LogP contribution >= 0.6 is 11.3 Å². The first kappa shape index (κ1) is 11.8. The van der Waals surface area contributed by atoms with Crippen molar-refractivity contribution in [2.75, 3.05) is 0 Å². The van der Waals surface area contributed by atoms with Crippen molar-refractivity contribution in [1.82, 2.24) is 4.98 Å². The first-order valence-corrected chi connectivity index (χ1v) is 6.81. The van der Waals surface area contributed by atoms with Gasteiger partial charge in [-0.2, -0.15) is 0 Å². The van der Waals surface area contributed by atoms with Crippen LogP contribution in [-0.4, -0.2) is 10.8 Å². The molecule has 0 fully saturated rings. The molecule has 1 heterocycles. The Kier molecular flexibility index (Phi) is 3.21. The van der Waals surface area contributed by atoms with Crippen molar-refractivity contribution in [1.29, 1.82) is 0 Å². The summed E-state index contributed by atoms with van der Waals surface area (Å²) < 4.78 is 0. The summed E-state index contributed by atoms with van der Waals surface area (Å²) >= 11 is 1.37. The van der Waals surface area contributed by atoms with E-state index in [1.807, 2.05) is 42.5 Å². The van der Waals surface area contributed by atoms with Crippen LogP contribution < -0.4 is 0 Å². The molecule has 2 nitrogen and oxygen atoms in total. The molecule has 0 saturated carbocycles. The first-order valence-electron chi connectivity index (χ1n) is 5.93. The molecule has 92 valence electrons. The van der Waals surface area contributed by atoms with Crippen molar-refractivity contribution >= 4 is 17.1 Å². The summed E-state index contributed by atoms with van der Waals surface area (Å²) in [5.74, 6) is 0.0297. The summed E-state index contributed by atoms with van der Waals surface area (Å²) in [5.41, 5.74) is 4.63. The zero-order valence-corrected chi connectivity index (χ0v) is 10.9. The summed E-state index contributed by atoms with van der Waals surface area (Å²) in [7, 11) is 0. The third kappa shape index (κ3) is 2.46. The van der Waals surface area contributed by atoms with Gasteiger partial charge >= 0.3 is 0 Å². The van der Waals surface area contributed by atoms with Gasteiger partial charge in [0, 0.05) is 11.8 Å². The van der Waals surface area contributed by atoms with Crippen LogP contribution in [0.2, 0.25) is 0 Å². The Morgan fingerprint density at radius 1 is 0.895 bits per heavy atom. The van der Waals surface area contributed by atoms with Crippen LogP contribution in [-0.2, 0) is 0 Å². The fourth-order valence-electron chi connectivity index (χ4n) is 1.91. The molecule has 3 rings (SSSR count). The maximum atomic E-state index is 12.1. The molecular formula is C16H11NOS. The molecule has 0 spiro atoms. The molecule has 0 bridgehead atoms. The van der Waals surface area contributed by atoms with Crippen LogP contribution in [0, 0.1) is 0 Å². The molecule has 0 aliphatic rings. The van der Waals surface area contributed by atoms with E-state index in [1.165, 1.54) is 11.3 Å². The second-order valence-corrected chi connectivity index (χ2v) is 5.02. The van der Waals surface area contributed by atoms with Crippen LogP contribution in [0.15, 0.2) is 66.3 Å². The van der Waals surface area contributed by atoms with Crippen molar-refractivity contribution in [2.24, 2.45) is 0 Å². The summed E-state index contributed by atoms with van der Waals surface area (Å²) in [6, 6.07) is 17.8. The van der Waals surface area contributed by atoms with E-state index in [2.05, 4.69) is 17.1 Å². The quantitative estimate of drug-likeness (QED) is 0.669. The zero-order chi connectivity index (χ0) is 13.1. The number of aromatic nitrogens is 1. The molecule has 0 N–H and O–H groups in total. The van der Waals surface area contributed by atoms with E-state index in [1.54, 1.807) is 11.7 Å². The fraction of sp³-hybridized carbons (Fsp3) is 0. The monoisotopic (exact) mass is 265 g/mol. The number of nitrogens with zero attached hydrogens (tertiary/aromatic N) is 1. The molecule has 1 aromatic heterocycles. The largest absolute Gasteiger partial charge is 0.288 e. The van der Waals surface area contributed by atoms with E-state index in [0.29, 0.717) is 10.4 Å². The maximum absolute atomic E-state index is 12.1. The lowest BCUT2D eigenvalue weighted by molar-refractivity contribution is 0.104. The molecule has 3 aromatic rings. The van der Waals surface area contributed by atoms with Gasteiger partial charge in [-0.3, -0.25) is 9.78 Å². The minimum atomic E-state index is 0.0297. The van der Waals surface area contributed by atoms with E-state index in [4.69, 9.17) is 0 Å². The first-order chi connectivity index (χ1) is 9.34. The van der Waals surface area contributed by atoms with Crippen LogP contribution in [0.3, 0.4) is 0 Å². The molecule has 2 aromatic carbocycles. The number of thiazole rings is 1. The predicted molar refractivity (Wildman–Crippen MR) is 77.4 cm³/mol. The van der Waals surface area contributed by atoms with Gasteiger partial charge in [0.2, 0.25) is 5.78 Å². The molecule has 0 atom stereocenters. The van der Waals surface area contributed by atoms with Gasteiger partial charge in [0.15, 0.2) is 0 Å². The van der Waals surface area contributed by atoms with Crippen molar-refractivity contribution in [2.45, 2.75) is 0 Å². The molecule has 0 saturated heterocycles. The smallest absolute Gasteiger partial charge is 0.204 e. The summed E-state index contributed by atoms with van der Waals surface area (Å²) in [4.78, 5) is 16.7. The van der Waals surface area contributed by atoms with Crippen LogP contribution in [0.5, 0.6) is 0 Å². The third-order valence-corrected chi connectivity index (χ3v) is 3.68. The molecule has 0 aliphatic carbocycles. The maximum Gasteiger partial charge on any atom is 0.204 e. The lowest BCUT2D eigenvalue weighted by Gasteiger charge is -2.03. The summed E-state index contributed by atoms with van der Waals surface area (Å²) in [6.45, 7) is 0. The van der Waals surface area contributed by atoms with Crippen LogP contribution in [0.1, 0.15) is 15.2 Å². The van der Waals surface area contributed by atoms with Gasteiger partial charge in [-0.15, -0.1) is 11.3 Å². The highest BCUT2D eigenvalue weighted by Crippen LogP contribution is 2.21. The summed E-state index contributed by atoms with van der Waals surface area (Å²) in [5, 5.41) is 0. The molecular weight excluding hydrogens is 254 g/mol. The van der Waals surface area contributed by atoms with Gasteiger partial charge in [-0.05, 0) is 11.1 Å². The lowest BCUT2D eigenvalue weighted by atomic mass is 10.0. The zero-order valence-electron chi connectivity index (χ0n) is 10.1. The molecule has 3 heteroatoms. The molecule has 0 aliphatic heterocycles. The SMILES string of the molecule is O=C(c1ccc(-c2ccccc2)cc1)c1cncs1. The number of benzene rings is 2. The number of rotatable bonds is 3. The molecule has 0 amide bonds. The van der Waals surface area contributed by atoms with Gasteiger partial charge in [0.25, 0.3) is 0 Å². The number of hydrogen-bond donors (Lipinski definition) is 0. The average Bonchev–Trinajstić information content (AvgIpc) is 3.02. The van der Waals surface area contributed by atoms with Crippen molar-refractivity contribution in [3.63, 3.8) is 0 Å². The highest BCUT2D eigenvalue weighted by Gasteiger charge is 2.10. The van der Waals surface area contributed by atoms with Crippen LogP contribution in [0.25, 0.3) is 11.1 Å². The Hall–Kier alpha value is -2.26. The molecule has 19 heavy (non-hydrogen) atoms. The van der Waals surface area contributed by atoms with E-state index >= 15 is 0 Å². The molecule has 0 radical (unpaired) electrons. The highest BCUT2D eigenvalue weighted by molar-refractivity contribution is 7.11. The standard InChI is InChI=1S/C16H11NOS/c18-16(15-10-17-11-19-15)14-8-6-13(7-9-14)12-4-2-1-3-5-12/h1-11H. The fourth-order valence-corrected chi connectivity index (χ4v) is 2.50. The van der Waals surface area contributed by atoms with E-state index in [9.17, 15) is 4.79 Å². The molecule has 0 unspecified atom stereocenters. The van der Waals surface area contributed by atoms with Gasteiger partial charge in [-0.25, -0.2) is 0 Å². The van der Waals surface area contributed by atoms with Crippen LogP contribution in [0.4, 0.5) is 0 Å². The topological polar surface area (TPSA) is 30.0 Å². The number of hydrogen-bond acceptors (Lipinski definition) is 3. The number of carbonyl (C=O) groups excluding carboxylic acids is 1. The second kappa shape index (κ2) is 5.16. The Labute approximate surface area is 115 Å². The van der Waals surface area contributed by atoms with E-state index in [-0.39, 0.29) is 5.78 Å².